The third-order valence-electron chi connectivity index (χ3n) is 0.645. The molecule has 5 nitrogen and oxygen atoms in total. The summed E-state index contributed by atoms with van der Waals surface area (Å²) in [4.78, 5) is 39.0. The van der Waals surface area contributed by atoms with Gasteiger partial charge in [-0.2, -0.15) is 0 Å². The van der Waals surface area contributed by atoms with E-state index in [4.69, 9.17) is 5.11 Å². The van der Waals surface area contributed by atoms with E-state index in [1.165, 1.54) is 0 Å². The van der Waals surface area contributed by atoms with Crippen LogP contribution < -0.4 is 103 Å². The Morgan fingerprint density at radius 2 is 1.50 bits per heavy atom. The number of carboxylic acids is 1. The van der Waals surface area contributed by atoms with Gasteiger partial charge < -0.3 is 19.5 Å². The van der Waals surface area contributed by atoms with E-state index in [2.05, 4.69) is 0 Å². The van der Waals surface area contributed by atoms with Crippen molar-refractivity contribution in [1.82, 2.24) is 0 Å². The van der Waals surface area contributed by atoms with E-state index in [0.717, 1.165) is 0 Å². The van der Waals surface area contributed by atoms with Crippen LogP contribution in [0, 0.1) is 0 Å². The molecule has 0 aliphatic heterocycles. The molecule has 0 spiro atoms. The summed E-state index contributed by atoms with van der Waals surface area (Å²) in [5.74, 6) is -1.27. The summed E-state index contributed by atoms with van der Waals surface area (Å²) in [6, 6.07) is -0.775. The average Bonchev–Trinajstić information content (AvgIpc) is 1.59. The molecule has 12 heavy (non-hydrogen) atoms. The first-order valence-corrected chi connectivity index (χ1v) is 4.18. The Balaban J connectivity index is -0.000000107. The van der Waals surface area contributed by atoms with Crippen molar-refractivity contribution in [3.05, 3.63) is 0 Å². The Bertz CT molecular complexity index is 115. The number of hydrogen-bond acceptors (Lipinski definition) is 4. The third kappa shape index (κ3) is 22.9. The molecule has 0 bridgehead atoms. The van der Waals surface area contributed by atoms with Gasteiger partial charge in [-0.05, 0) is 0 Å². The van der Waals surface area contributed by atoms with Gasteiger partial charge in [0.2, 0.25) is 0 Å². The molecule has 0 aromatic heterocycles. The Labute approximate surface area is 138 Å². The first kappa shape index (κ1) is 24.0. The summed E-state index contributed by atoms with van der Waals surface area (Å²) in [6.45, 7) is 0. The second kappa shape index (κ2) is 11.6. The van der Waals surface area contributed by atoms with Gasteiger partial charge in [0.15, 0.2) is 0 Å². The van der Waals surface area contributed by atoms with E-state index in [1.807, 2.05) is 0 Å². The molecule has 0 saturated heterocycles. The van der Waals surface area contributed by atoms with Crippen LogP contribution in [0.5, 0.6) is 0 Å². The summed E-state index contributed by atoms with van der Waals surface area (Å²) in [5.41, 5.74) is 0. The topological polar surface area (TPSA) is 106 Å². The largest absolute Gasteiger partial charge is 1.00 e. The molecule has 54 valence electrons. The fourth-order valence-corrected chi connectivity index (χ4v) is 0.780. The number of hydrogen-bond donors (Lipinski definition) is 1. The van der Waals surface area contributed by atoms with Crippen LogP contribution >= 0.6 is 0 Å². The van der Waals surface area contributed by atoms with Gasteiger partial charge in [0.1, 0.15) is 0 Å². The zero-order valence-electron chi connectivity index (χ0n) is 7.49. The van der Waals surface area contributed by atoms with Gasteiger partial charge in [-0.25, -0.2) is 0 Å². The molecule has 0 atom stereocenters. The minimum absolute atomic E-state index is 0. The molecular weight excluding hydrogens is 213 g/mol. The van der Waals surface area contributed by atoms with Crippen molar-refractivity contribution in [2.45, 2.75) is 12.5 Å². The van der Waals surface area contributed by atoms with E-state index < -0.39 is 27.2 Å². The second-order valence-electron chi connectivity index (χ2n) is 1.58. The van der Waals surface area contributed by atoms with Crippen molar-refractivity contribution in [2.75, 3.05) is 0 Å². The molecule has 0 aliphatic carbocycles. The zero-order chi connectivity index (χ0) is 7.49. The van der Waals surface area contributed by atoms with Crippen LogP contribution in [0.2, 0.25) is 6.04 Å². The molecule has 0 aliphatic rings. The molecule has 0 aromatic carbocycles. The molecule has 0 amide bonds. The number of carbonyl (C=O) groups is 1. The molecule has 0 saturated carbocycles. The van der Waals surface area contributed by atoms with Crippen molar-refractivity contribution in [3.63, 3.8) is 0 Å². The van der Waals surface area contributed by atoms with Gasteiger partial charge in [-0.1, -0.05) is 6.04 Å². The molecule has 9 heteroatoms. The molecule has 0 rings (SSSR count). The fourth-order valence-electron chi connectivity index (χ4n) is 0.260. The Kier molecular flexibility index (Phi) is 23.3. The van der Waals surface area contributed by atoms with Gasteiger partial charge in [0, 0.05) is 6.42 Å². The van der Waals surface area contributed by atoms with Crippen LogP contribution in [-0.2, 0) is 4.79 Å². The second-order valence-corrected chi connectivity index (χ2v) is 3.44. The van der Waals surface area contributed by atoms with E-state index in [1.54, 1.807) is 0 Å². The zero-order valence-corrected chi connectivity index (χ0v) is 14.5. The van der Waals surface area contributed by atoms with Gasteiger partial charge >= 0.3 is 94.6 Å². The first-order valence-electron chi connectivity index (χ1n) is 2.25. The molecule has 0 unspecified atom stereocenters. The van der Waals surface area contributed by atoms with Crippen molar-refractivity contribution in [1.29, 1.82) is 0 Å². The average molecular weight is 218 g/mol. The number of rotatable bonds is 3. The number of carboxylic acid groups (broad SMARTS) is 1. The quantitative estimate of drug-likeness (QED) is 0.473. The maximum Gasteiger partial charge on any atom is 1.00 e. The van der Waals surface area contributed by atoms with Gasteiger partial charge in [-0.15, -0.1) is 0 Å². The van der Waals surface area contributed by atoms with Gasteiger partial charge in [0.05, 0.1) is 0 Å². The third-order valence-corrected chi connectivity index (χ3v) is 1.51. The summed E-state index contributed by atoms with van der Waals surface area (Å²) in [7, 11) is -4.85. The summed E-state index contributed by atoms with van der Waals surface area (Å²) in [6.07, 6.45) is -0.595. The molecule has 1 N–H and O–H groups in total. The van der Waals surface area contributed by atoms with Crippen LogP contribution in [0.4, 0.5) is 0 Å². The van der Waals surface area contributed by atoms with Crippen LogP contribution in [-0.4, -0.2) is 19.9 Å². The Hall–Kier alpha value is 2.57. The van der Waals surface area contributed by atoms with E-state index >= 15 is 0 Å². The fraction of sp³-hybridized carbons (Fsp3) is 0.667. The minimum Gasteiger partial charge on any atom is -0.881 e. The van der Waals surface area contributed by atoms with Crippen molar-refractivity contribution >= 4 is 14.8 Å². The first-order chi connectivity index (χ1) is 3.92. The summed E-state index contributed by atoms with van der Waals surface area (Å²) in [5, 5.41) is 7.88. The monoisotopic (exact) mass is 218 g/mol. The van der Waals surface area contributed by atoms with E-state index in [9.17, 15) is 19.2 Å². The van der Waals surface area contributed by atoms with Crippen LogP contribution in [0.15, 0.2) is 0 Å². The summed E-state index contributed by atoms with van der Waals surface area (Å²) >= 11 is 0. The maximum absolute atomic E-state index is 9.77. The molecular formula is C3H5Na3O5Si. The predicted molar refractivity (Wildman–Crippen MR) is 22.8 cm³/mol. The van der Waals surface area contributed by atoms with Gasteiger partial charge in [-0.3, -0.25) is 13.6 Å². The Morgan fingerprint density at radius 3 is 1.58 bits per heavy atom. The van der Waals surface area contributed by atoms with Crippen molar-refractivity contribution in [2.24, 2.45) is 0 Å². The van der Waals surface area contributed by atoms with Crippen LogP contribution in [0.1, 0.15) is 6.42 Å². The van der Waals surface area contributed by atoms with Crippen molar-refractivity contribution < 1.29 is 113 Å². The maximum atomic E-state index is 9.77. The van der Waals surface area contributed by atoms with Gasteiger partial charge in [0.25, 0.3) is 0 Å². The predicted octanol–water partition coefficient (Wildman–Crippen LogP) is -12.5. The van der Waals surface area contributed by atoms with Crippen molar-refractivity contribution in [3.8, 4) is 0 Å². The van der Waals surface area contributed by atoms with E-state index in [-0.39, 0.29) is 88.7 Å². The minimum atomic E-state index is -4.85. The normalized spacial score (nSPS) is 8.58. The smallest absolute Gasteiger partial charge is 0.881 e. The standard InChI is InChI=1S/C3H5O5Si.3Na/c4-3(5)1-2-9(6,7)8;;;/h1-2H2,(H,4,5);;;/q-3;3*+1. The molecule has 0 heterocycles. The Morgan fingerprint density at radius 1 is 1.17 bits per heavy atom. The number of aliphatic carboxylic acids is 1. The van der Waals surface area contributed by atoms with Crippen LogP contribution in [0.3, 0.4) is 0 Å². The van der Waals surface area contributed by atoms with Crippen LogP contribution in [0.25, 0.3) is 0 Å². The molecule has 0 fully saturated rings. The summed E-state index contributed by atoms with van der Waals surface area (Å²) < 4.78 is 0. The molecule has 0 radical (unpaired) electrons. The van der Waals surface area contributed by atoms with E-state index in [0.29, 0.717) is 0 Å². The SMILES string of the molecule is O=C(O)CC[Si]([O-])([O-])[O-].[Na+].[Na+].[Na+]. The molecule has 0 aromatic rings.